The first-order valence-electron chi connectivity index (χ1n) is 6.49. The summed E-state index contributed by atoms with van der Waals surface area (Å²) in [6, 6.07) is 5.46. The number of hydrogen-bond donors (Lipinski definition) is 1. The third-order valence-corrected chi connectivity index (χ3v) is 3.79. The van der Waals surface area contributed by atoms with Crippen LogP contribution < -0.4 is 14.8 Å². The fraction of sp³-hybridized carbons (Fsp3) is 0.357. The van der Waals surface area contributed by atoms with Crippen molar-refractivity contribution in [1.82, 2.24) is 14.9 Å². The summed E-state index contributed by atoms with van der Waals surface area (Å²) in [5.41, 5.74) is 1.57. The zero-order valence-electron chi connectivity index (χ0n) is 12.2. The first kappa shape index (κ1) is 15.2. The number of nitrogens with zero attached hydrogens (tertiary/aromatic N) is 2. The van der Waals surface area contributed by atoms with E-state index in [0.29, 0.717) is 29.3 Å². The summed E-state index contributed by atoms with van der Waals surface area (Å²) in [4.78, 5) is 12.7. The lowest BCUT2D eigenvalue weighted by molar-refractivity contribution is 0.0953. The summed E-state index contributed by atoms with van der Waals surface area (Å²) in [6.07, 6.45) is 0.682. The highest BCUT2D eigenvalue weighted by atomic mass is 32.1. The molecular formula is C14H17N3O3S. The van der Waals surface area contributed by atoms with Gasteiger partial charge in [0.05, 0.1) is 19.9 Å². The molecule has 2 rings (SSSR count). The second-order valence-electron chi connectivity index (χ2n) is 4.26. The maximum Gasteiger partial charge on any atom is 0.265 e. The second kappa shape index (κ2) is 7.03. The van der Waals surface area contributed by atoms with Crippen molar-refractivity contribution in [3.05, 3.63) is 34.3 Å². The number of benzene rings is 1. The van der Waals surface area contributed by atoms with Gasteiger partial charge in [0.25, 0.3) is 5.91 Å². The molecule has 0 fully saturated rings. The van der Waals surface area contributed by atoms with Crippen LogP contribution in [0.15, 0.2) is 18.2 Å². The number of nitrogens with one attached hydrogen (secondary N) is 1. The van der Waals surface area contributed by atoms with Gasteiger partial charge in [0.15, 0.2) is 0 Å². The SMILES string of the molecule is CCc1nnsc1C(=O)NCc1cc(OC)ccc1OC. The molecule has 0 atom stereocenters. The molecule has 1 aromatic heterocycles. The molecule has 0 bridgehead atoms. The third kappa shape index (κ3) is 3.49. The number of rotatable bonds is 6. The van der Waals surface area contributed by atoms with Gasteiger partial charge in [-0.2, -0.15) is 0 Å². The molecule has 0 radical (unpaired) electrons. The van der Waals surface area contributed by atoms with E-state index in [1.165, 1.54) is 0 Å². The Kier molecular flexibility index (Phi) is 5.10. The number of aryl methyl sites for hydroxylation is 1. The van der Waals surface area contributed by atoms with E-state index in [-0.39, 0.29) is 5.91 Å². The maximum absolute atomic E-state index is 12.2. The van der Waals surface area contributed by atoms with Crippen molar-refractivity contribution in [2.45, 2.75) is 19.9 Å². The second-order valence-corrected chi connectivity index (χ2v) is 5.02. The van der Waals surface area contributed by atoms with E-state index in [0.717, 1.165) is 22.8 Å². The van der Waals surface area contributed by atoms with E-state index in [4.69, 9.17) is 9.47 Å². The molecule has 0 unspecified atom stereocenters. The normalized spacial score (nSPS) is 10.2. The fourth-order valence-electron chi connectivity index (χ4n) is 1.89. The highest BCUT2D eigenvalue weighted by Crippen LogP contribution is 2.24. The fourth-order valence-corrected chi connectivity index (χ4v) is 2.55. The van der Waals surface area contributed by atoms with E-state index < -0.39 is 0 Å². The summed E-state index contributed by atoms with van der Waals surface area (Å²) in [5, 5.41) is 6.79. The lowest BCUT2D eigenvalue weighted by Crippen LogP contribution is -2.23. The van der Waals surface area contributed by atoms with Crippen LogP contribution >= 0.6 is 11.5 Å². The molecule has 0 aliphatic carbocycles. The highest BCUT2D eigenvalue weighted by molar-refractivity contribution is 7.08. The van der Waals surface area contributed by atoms with Gasteiger partial charge in [-0.3, -0.25) is 4.79 Å². The Morgan fingerprint density at radius 2 is 2.14 bits per heavy atom. The van der Waals surface area contributed by atoms with Gasteiger partial charge in [-0.15, -0.1) is 5.10 Å². The van der Waals surface area contributed by atoms with Gasteiger partial charge in [-0.05, 0) is 36.2 Å². The van der Waals surface area contributed by atoms with Crippen LogP contribution in [0.5, 0.6) is 11.5 Å². The van der Waals surface area contributed by atoms with Crippen molar-refractivity contribution in [1.29, 1.82) is 0 Å². The van der Waals surface area contributed by atoms with E-state index in [2.05, 4.69) is 14.9 Å². The Bertz CT molecular complexity index is 628. The Labute approximate surface area is 127 Å². The largest absolute Gasteiger partial charge is 0.497 e. The number of methoxy groups -OCH3 is 2. The molecular weight excluding hydrogens is 290 g/mol. The molecule has 112 valence electrons. The van der Waals surface area contributed by atoms with E-state index in [9.17, 15) is 4.79 Å². The summed E-state index contributed by atoms with van der Waals surface area (Å²) >= 11 is 1.11. The number of ether oxygens (including phenoxy) is 2. The van der Waals surface area contributed by atoms with Crippen molar-refractivity contribution in [2.24, 2.45) is 0 Å². The minimum absolute atomic E-state index is 0.174. The van der Waals surface area contributed by atoms with Crippen molar-refractivity contribution in [2.75, 3.05) is 14.2 Å². The maximum atomic E-state index is 12.2. The first-order chi connectivity index (χ1) is 10.2. The molecule has 6 nitrogen and oxygen atoms in total. The van der Waals surface area contributed by atoms with Crippen molar-refractivity contribution in [3.8, 4) is 11.5 Å². The van der Waals surface area contributed by atoms with Gasteiger partial charge in [-0.1, -0.05) is 11.4 Å². The summed E-state index contributed by atoms with van der Waals surface area (Å²) in [7, 11) is 3.19. The standard InChI is InChI=1S/C14H17N3O3S/c1-4-11-13(21-17-16-11)14(18)15-8-9-7-10(19-2)5-6-12(9)20-3/h5-7H,4,8H2,1-3H3,(H,15,18). The van der Waals surface area contributed by atoms with Gasteiger partial charge < -0.3 is 14.8 Å². The minimum atomic E-state index is -0.174. The van der Waals surface area contributed by atoms with Crippen LogP contribution in [-0.4, -0.2) is 29.7 Å². The monoisotopic (exact) mass is 307 g/mol. The van der Waals surface area contributed by atoms with Crippen LogP contribution in [0, 0.1) is 0 Å². The molecule has 0 aliphatic heterocycles. The van der Waals surface area contributed by atoms with Crippen LogP contribution in [0.3, 0.4) is 0 Å². The van der Waals surface area contributed by atoms with Crippen molar-refractivity contribution >= 4 is 17.4 Å². The van der Waals surface area contributed by atoms with E-state index >= 15 is 0 Å². The van der Waals surface area contributed by atoms with Crippen LogP contribution in [0.4, 0.5) is 0 Å². The molecule has 0 saturated heterocycles. The summed E-state index contributed by atoms with van der Waals surface area (Å²) in [5.74, 6) is 1.25. The van der Waals surface area contributed by atoms with Crippen LogP contribution in [-0.2, 0) is 13.0 Å². The molecule has 1 N–H and O–H groups in total. The molecule has 0 saturated carbocycles. The molecule has 1 aromatic carbocycles. The van der Waals surface area contributed by atoms with Gasteiger partial charge in [-0.25, -0.2) is 0 Å². The Balaban J connectivity index is 2.10. The molecule has 1 heterocycles. The highest BCUT2D eigenvalue weighted by Gasteiger charge is 2.15. The zero-order valence-corrected chi connectivity index (χ0v) is 13.0. The van der Waals surface area contributed by atoms with Gasteiger partial charge in [0, 0.05) is 12.1 Å². The quantitative estimate of drug-likeness (QED) is 0.884. The average molecular weight is 307 g/mol. The van der Waals surface area contributed by atoms with Gasteiger partial charge in [0.2, 0.25) is 0 Å². The molecule has 2 aromatic rings. The van der Waals surface area contributed by atoms with E-state index in [1.807, 2.05) is 25.1 Å². The van der Waals surface area contributed by atoms with Gasteiger partial charge >= 0.3 is 0 Å². The number of hydrogen-bond acceptors (Lipinski definition) is 6. The molecule has 0 spiro atoms. The van der Waals surface area contributed by atoms with Crippen LogP contribution in [0.2, 0.25) is 0 Å². The zero-order chi connectivity index (χ0) is 15.2. The minimum Gasteiger partial charge on any atom is -0.497 e. The van der Waals surface area contributed by atoms with E-state index in [1.54, 1.807) is 14.2 Å². The predicted octanol–water partition coefficient (Wildman–Crippen LogP) is 2.05. The number of carbonyl (C=O) groups is 1. The van der Waals surface area contributed by atoms with Crippen molar-refractivity contribution in [3.63, 3.8) is 0 Å². The molecule has 0 aliphatic rings. The van der Waals surface area contributed by atoms with Crippen LogP contribution in [0.25, 0.3) is 0 Å². The smallest absolute Gasteiger partial charge is 0.265 e. The molecule has 7 heteroatoms. The first-order valence-corrected chi connectivity index (χ1v) is 7.27. The Morgan fingerprint density at radius 1 is 1.33 bits per heavy atom. The molecule has 1 amide bonds. The Morgan fingerprint density at radius 3 is 2.81 bits per heavy atom. The van der Waals surface area contributed by atoms with Crippen molar-refractivity contribution < 1.29 is 14.3 Å². The Hall–Kier alpha value is -2.15. The topological polar surface area (TPSA) is 73.3 Å². The lowest BCUT2D eigenvalue weighted by Gasteiger charge is -2.11. The lowest BCUT2D eigenvalue weighted by atomic mass is 10.2. The summed E-state index contributed by atoms with van der Waals surface area (Å²) < 4.78 is 14.3. The van der Waals surface area contributed by atoms with Crippen LogP contribution in [0.1, 0.15) is 27.9 Å². The van der Waals surface area contributed by atoms with Gasteiger partial charge in [0.1, 0.15) is 16.4 Å². The summed E-state index contributed by atoms with van der Waals surface area (Å²) in [6.45, 7) is 2.29. The number of amides is 1. The predicted molar refractivity (Wildman–Crippen MR) is 80.0 cm³/mol. The third-order valence-electron chi connectivity index (χ3n) is 3.02. The molecule has 21 heavy (non-hydrogen) atoms. The average Bonchev–Trinajstić information content (AvgIpc) is 3.00. The number of carbonyl (C=O) groups excluding carboxylic acids is 1. The number of aromatic nitrogens is 2.